The Bertz CT molecular complexity index is 1360. The molecule has 0 saturated heterocycles. The van der Waals surface area contributed by atoms with E-state index in [4.69, 9.17) is 13.3 Å². The Morgan fingerprint density at radius 1 is 0.833 bits per heavy atom. The zero-order valence-corrected chi connectivity index (χ0v) is 21.3. The zero-order valence-electron chi connectivity index (χ0n) is 19.5. The van der Waals surface area contributed by atoms with Gasteiger partial charge >= 0.3 is 15.0 Å². The van der Waals surface area contributed by atoms with Crippen LogP contribution in [-0.2, 0) is 13.3 Å². The third kappa shape index (κ3) is 4.61. The summed E-state index contributed by atoms with van der Waals surface area (Å²) in [5.74, 6) is 0.380. The Hall–Kier alpha value is -3.27. The maximum atomic E-state index is 15.2. The lowest BCUT2D eigenvalue weighted by molar-refractivity contribution is -0.206. The van der Waals surface area contributed by atoms with E-state index < -0.39 is 19.9 Å². The molecule has 0 spiro atoms. The maximum absolute atomic E-state index is 15.2. The van der Waals surface area contributed by atoms with Crippen LogP contribution in [0.4, 0.5) is 18.9 Å². The maximum Gasteiger partial charge on any atom is 0.670 e. The van der Waals surface area contributed by atoms with Gasteiger partial charge in [0.1, 0.15) is 5.76 Å². The van der Waals surface area contributed by atoms with E-state index in [1.54, 1.807) is 105 Å². The number of nitrogens with zero attached hydrogens (tertiary/aromatic N) is 1. The second kappa shape index (κ2) is 9.31. The van der Waals surface area contributed by atoms with Crippen LogP contribution in [0.5, 0.6) is 0 Å². The monoisotopic (exact) mass is 525 g/mol. The van der Waals surface area contributed by atoms with Crippen LogP contribution in [0.25, 0.3) is 5.76 Å². The summed E-state index contributed by atoms with van der Waals surface area (Å²) in [4.78, 5) is 2.08. The van der Waals surface area contributed by atoms with Gasteiger partial charge in [0.25, 0.3) is 0 Å². The second-order valence-electron chi connectivity index (χ2n) is 8.35. The molecule has 2 aliphatic heterocycles. The molecule has 36 heavy (non-hydrogen) atoms. The molecule has 0 saturated carbocycles. The predicted molar refractivity (Wildman–Crippen MR) is 137 cm³/mol. The van der Waals surface area contributed by atoms with E-state index in [-0.39, 0.29) is 5.76 Å². The van der Waals surface area contributed by atoms with Gasteiger partial charge in [0, 0.05) is 27.4 Å². The fourth-order valence-corrected chi connectivity index (χ4v) is 8.08. The second-order valence-corrected chi connectivity index (χ2v) is 11.9. The van der Waals surface area contributed by atoms with Crippen molar-refractivity contribution in [3.8, 4) is 0 Å². The van der Waals surface area contributed by atoms with Crippen molar-refractivity contribution < 1.29 is 26.4 Å². The molecule has 0 amide bonds. The molecule has 4 nitrogen and oxygen atoms in total. The SMILES string of the molecule is CC1=Nc2ccccc2SC2(C(F)(F)F)C=C(c3ccccc3)O[Si](c3ccccc3)(O/C(C)=C/1)O2. The van der Waals surface area contributed by atoms with Crippen molar-refractivity contribution in [2.24, 2.45) is 4.99 Å². The Morgan fingerprint density at radius 2 is 1.47 bits per heavy atom. The molecule has 9 heteroatoms. The molecule has 5 rings (SSSR count). The van der Waals surface area contributed by atoms with E-state index >= 15 is 13.2 Å². The van der Waals surface area contributed by atoms with Crippen LogP contribution in [-0.4, -0.2) is 25.6 Å². The first-order chi connectivity index (χ1) is 17.2. The number of allylic oxidation sites excluding steroid dienone is 2. The number of alkyl halides is 3. The van der Waals surface area contributed by atoms with Crippen LogP contribution < -0.4 is 5.19 Å². The molecule has 2 aliphatic rings. The number of benzene rings is 3. The molecule has 2 heterocycles. The minimum Gasteiger partial charge on any atom is -0.493 e. The van der Waals surface area contributed by atoms with Crippen molar-refractivity contribution >= 4 is 42.9 Å². The van der Waals surface area contributed by atoms with Crippen molar-refractivity contribution in [1.82, 2.24) is 0 Å². The highest BCUT2D eigenvalue weighted by Crippen LogP contribution is 2.54. The van der Waals surface area contributed by atoms with Crippen molar-refractivity contribution in [3.63, 3.8) is 0 Å². The topological polar surface area (TPSA) is 40.0 Å². The highest BCUT2D eigenvalue weighted by Gasteiger charge is 2.67. The first-order valence-corrected chi connectivity index (χ1v) is 13.7. The van der Waals surface area contributed by atoms with E-state index in [1.807, 2.05) is 0 Å². The van der Waals surface area contributed by atoms with Crippen molar-refractivity contribution in [2.45, 2.75) is 29.9 Å². The highest BCUT2D eigenvalue weighted by molar-refractivity contribution is 8.01. The summed E-state index contributed by atoms with van der Waals surface area (Å²) in [5.41, 5.74) is 1.47. The van der Waals surface area contributed by atoms with E-state index in [1.165, 1.54) is 0 Å². The molecule has 0 radical (unpaired) electrons. The Balaban J connectivity index is 1.83. The molecule has 184 valence electrons. The lowest BCUT2D eigenvalue weighted by Gasteiger charge is -2.44. The van der Waals surface area contributed by atoms with Crippen LogP contribution in [0.15, 0.2) is 113 Å². The fraction of sp³-hybridized carbons (Fsp3) is 0.148. The lowest BCUT2D eigenvalue weighted by atomic mass is 10.1. The Labute approximate surface area is 212 Å². The largest absolute Gasteiger partial charge is 0.670 e. The summed E-state index contributed by atoms with van der Waals surface area (Å²) in [6.07, 6.45) is -2.14. The lowest BCUT2D eigenvalue weighted by Crippen LogP contribution is -2.65. The predicted octanol–water partition coefficient (Wildman–Crippen LogP) is 7.00. The molecule has 0 aromatic heterocycles. The van der Waals surface area contributed by atoms with Crippen molar-refractivity contribution in [3.05, 3.63) is 108 Å². The van der Waals surface area contributed by atoms with Crippen LogP contribution in [0.2, 0.25) is 0 Å². The summed E-state index contributed by atoms with van der Waals surface area (Å²) in [6, 6.07) is 24.0. The molecule has 3 aromatic rings. The van der Waals surface area contributed by atoms with Crippen LogP contribution in [0.1, 0.15) is 19.4 Å². The minimum absolute atomic E-state index is 0.0457. The van der Waals surface area contributed by atoms with E-state index in [0.29, 0.717) is 44.6 Å². The molecular formula is C27H22F3NO3SSi. The number of halogens is 3. The number of rotatable bonds is 2. The summed E-state index contributed by atoms with van der Waals surface area (Å²) in [6.45, 7) is 3.43. The van der Waals surface area contributed by atoms with Gasteiger partial charge in [0.15, 0.2) is 0 Å². The van der Waals surface area contributed by atoms with Crippen molar-refractivity contribution in [2.75, 3.05) is 0 Å². The number of fused-ring (bicyclic) bond motifs is 3. The standard InChI is InChI=1S/C27H22F3NO3SSi/c1-19-17-20(2)32-36(22-13-7-4-8-14-22)33-24(21-11-5-3-6-12-21)18-26(34-36,27(28,29)30)35-25-16-10-9-15-23(25)31-19/h3-18H,1-2H3/b20-17+,31-19?. The quantitative estimate of drug-likeness (QED) is 0.338. The number of aliphatic imine (C=N–C) groups is 1. The molecule has 0 N–H and O–H groups in total. The average Bonchev–Trinajstić information content (AvgIpc) is 2.86. The smallest absolute Gasteiger partial charge is 0.493 e. The van der Waals surface area contributed by atoms with E-state index in [0.717, 1.165) is 6.08 Å². The van der Waals surface area contributed by atoms with Gasteiger partial charge in [0.2, 0.25) is 4.93 Å². The van der Waals surface area contributed by atoms with Gasteiger partial charge in [-0.15, -0.1) is 0 Å². The fourth-order valence-electron chi connectivity index (χ4n) is 4.01. The van der Waals surface area contributed by atoms with Gasteiger partial charge in [-0.05, 0) is 32.1 Å². The van der Waals surface area contributed by atoms with Crippen LogP contribution in [0.3, 0.4) is 0 Å². The van der Waals surface area contributed by atoms with E-state index in [2.05, 4.69) is 4.99 Å². The van der Waals surface area contributed by atoms with Gasteiger partial charge < -0.3 is 13.3 Å². The van der Waals surface area contributed by atoms with E-state index in [9.17, 15) is 0 Å². The molecule has 2 atom stereocenters. The van der Waals surface area contributed by atoms with Crippen LogP contribution in [0, 0.1) is 0 Å². The summed E-state index contributed by atoms with van der Waals surface area (Å²) < 4.78 is 64.3. The number of para-hydroxylation sites is 1. The van der Waals surface area contributed by atoms with Crippen molar-refractivity contribution in [1.29, 1.82) is 0 Å². The average molecular weight is 526 g/mol. The third-order valence-electron chi connectivity index (χ3n) is 5.56. The number of thioether (sulfide) groups is 1. The van der Waals surface area contributed by atoms with Gasteiger partial charge in [0.05, 0.1) is 11.4 Å². The molecule has 2 bridgehead atoms. The molecule has 3 aromatic carbocycles. The molecule has 2 unspecified atom stereocenters. The normalized spacial score (nSPS) is 25.5. The molecular weight excluding hydrogens is 503 g/mol. The summed E-state index contributed by atoms with van der Waals surface area (Å²) >= 11 is 0.548. The Kier molecular flexibility index (Phi) is 6.32. The van der Waals surface area contributed by atoms with Gasteiger partial charge in [-0.3, -0.25) is 4.99 Å². The minimum atomic E-state index is -4.82. The molecule has 0 fully saturated rings. The van der Waals surface area contributed by atoms with Gasteiger partial charge in [-0.25, -0.2) is 0 Å². The summed E-state index contributed by atoms with van der Waals surface area (Å²) in [7, 11) is -4.24. The van der Waals surface area contributed by atoms with Gasteiger partial charge in [-0.1, -0.05) is 84.6 Å². The molecule has 0 aliphatic carbocycles. The first-order valence-electron chi connectivity index (χ1n) is 11.2. The summed E-state index contributed by atoms with van der Waals surface area (Å²) in [5, 5.41) is 0.413. The third-order valence-corrected chi connectivity index (χ3v) is 9.72. The first kappa shape index (κ1) is 24.4. The van der Waals surface area contributed by atoms with Crippen LogP contribution >= 0.6 is 11.8 Å². The number of hydrogen-bond donors (Lipinski definition) is 0. The Morgan fingerprint density at radius 3 is 2.17 bits per heavy atom. The number of hydrogen-bond acceptors (Lipinski definition) is 5. The van der Waals surface area contributed by atoms with Gasteiger partial charge in [-0.2, -0.15) is 13.2 Å². The highest BCUT2D eigenvalue weighted by atomic mass is 32.2. The zero-order chi connectivity index (χ0) is 25.4.